The van der Waals surface area contributed by atoms with Gasteiger partial charge in [0.05, 0.1) is 5.92 Å². The zero-order valence-electron chi connectivity index (χ0n) is 12.2. The lowest BCUT2D eigenvalue weighted by atomic mass is 9.79. The third-order valence-corrected chi connectivity index (χ3v) is 3.79. The molecule has 0 spiro atoms. The predicted octanol–water partition coefficient (Wildman–Crippen LogP) is 3.91. The van der Waals surface area contributed by atoms with Crippen molar-refractivity contribution in [2.24, 2.45) is 5.92 Å². The van der Waals surface area contributed by atoms with Crippen molar-refractivity contribution in [1.82, 2.24) is 0 Å². The highest BCUT2D eigenvalue weighted by atomic mass is 19.4. The zero-order chi connectivity index (χ0) is 18.1. The molecule has 1 atom stereocenters. The van der Waals surface area contributed by atoms with E-state index in [1.807, 2.05) is 0 Å². The minimum Gasteiger partial charge on any atom is -0.508 e. The molecule has 24 heavy (non-hydrogen) atoms. The van der Waals surface area contributed by atoms with Gasteiger partial charge < -0.3 is 5.11 Å². The summed E-state index contributed by atoms with van der Waals surface area (Å²) in [7, 11) is 0. The minimum atomic E-state index is -6.03. The van der Waals surface area contributed by atoms with Gasteiger partial charge in [-0.05, 0) is 48.6 Å². The summed E-state index contributed by atoms with van der Waals surface area (Å²) >= 11 is 0. The maximum atomic E-state index is 13.2. The molecule has 2 rings (SSSR count). The molecule has 3 nitrogen and oxygen atoms in total. The summed E-state index contributed by atoms with van der Waals surface area (Å²) in [6.07, 6.45) is -4.70. The summed E-state index contributed by atoms with van der Waals surface area (Å²) in [6, 6.07) is 5.57. The number of ketones is 2. The third-order valence-electron chi connectivity index (χ3n) is 3.79. The van der Waals surface area contributed by atoms with Crippen molar-refractivity contribution < 1.29 is 36.6 Å². The molecule has 1 aliphatic carbocycles. The molecule has 8 heteroatoms. The van der Waals surface area contributed by atoms with Gasteiger partial charge in [0.2, 0.25) is 5.78 Å². The normalized spacial score (nSPS) is 21.1. The van der Waals surface area contributed by atoms with Crippen molar-refractivity contribution in [2.75, 3.05) is 0 Å². The number of phenolic OH excluding ortho intramolecular Hbond substituents is 1. The number of alkyl halides is 5. The molecule has 0 radical (unpaired) electrons. The molecule has 1 saturated carbocycles. The smallest absolute Gasteiger partial charge is 0.461 e. The lowest BCUT2D eigenvalue weighted by Gasteiger charge is -2.26. The van der Waals surface area contributed by atoms with Crippen LogP contribution in [0.3, 0.4) is 0 Å². The molecule has 1 aliphatic rings. The molecule has 0 heterocycles. The highest BCUT2D eigenvalue weighted by Gasteiger charge is 2.65. The van der Waals surface area contributed by atoms with Crippen LogP contribution >= 0.6 is 0 Å². The van der Waals surface area contributed by atoms with Gasteiger partial charge in [0, 0.05) is 0 Å². The van der Waals surface area contributed by atoms with Crippen LogP contribution in [0.25, 0.3) is 6.08 Å². The van der Waals surface area contributed by atoms with Gasteiger partial charge in [0.15, 0.2) is 5.78 Å². The molecule has 1 fully saturated rings. The van der Waals surface area contributed by atoms with E-state index >= 15 is 0 Å². The van der Waals surface area contributed by atoms with Crippen molar-refractivity contribution in [3.63, 3.8) is 0 Å². The first kappa shape index (κ1) is 18.1. The highest BCUT2D eigenvalue weighted by molar-refractivity contribution is 6.14. The predicted molar refractivity (Wildman–Crippen MR) is 74.4 cm³/mol. The van der Waals surface area contributed by atoms with Crippen LogP contribution in [0.2, 0.25) is 0 Å². The van der Waals surface area contributed by atoms with E-state index in [-0.39, 0.29) is 30.6 Å². The fourth-order valence-corrected chi connectivity index (χ4v) is 2.50. The molecule has 1 N–H and O–H groups in total. The Labute approximate surface area is 133 Å². The van der Waals surface area contributed by atoms with Crippen LogP contribution in [0.15, 0.2) is 29.8 Å². The molecule has 0 amide bonds. The van der Waals surface area contributed by atoms with Crippen molar-refractivity contribution in [1.29, 1.82) is 0 Å². The van der Waals surface area contributed by atoms with Crippen LogP contribution in [0.4, 0.5) is 22.0 Å². The number of hydrogen-bond donors (Lipinski definition) is 1. The molecule has 0 aromatic heterocycles. The highest BCUT2D eigenvalue weighted by Crippen LogP contribution is 2.40. The van der Waals surface area contributed by atoms with E-state index in [0.717, 1.165) is 0 Å². The van der Waals surface area contributed by atoms with E-state index in [9.17, 15) is 36.6 Å². The number of aromatic hydroxyl groups is 1. The Bertz CT molecular complexity index is 674. The van der Waals surface area contributed by atoms with E-state index in [1.165, 1.54) is 30.3 Å². The first-order chi connectivity index (χ1) is 11.0. The zero-order valence-corrected chi connectivity index (χ0v) is 12.2. The van der Waals surface area contributed by atoms with Gasteiger partial charge in [-0.1, -0.05) is 12.1 Å². The van der Waals surface area contributed by atoms with Gasteiger partial charge in [-0.15, -0.1) is 0 Å². The number of allylic oxidation sites excluding steroid dienone is 1. The number of rotatable bonds is 3. The Morgan fingerprint density at radius 3 is 2.25 bits per heavy atom. The fourth-order valence-electron chi connectivity index (χ4n) is 2.50. The Kier molecular flexibility index (Phi) is 4.77. The SMILES string of the molecule is O=C1/C(=C/c2ccc(O)cc2)CCCC1C(=O)C(F)(F)C(F)(F)F. The number of carbonyl (C=O) groups is 2. The summed E-state index contributed by atoms with van der Waals surface area (Å²) in [5.41, 5.74) is 0.482. The number of benzene rings is 1. The number of phenols is 1. The second-order valence-corrected chi connectivity index (χ2v) is 5.51. The Balaban J connectivity index is 2.27. The second kappa shape index (κ2) is 6.33. The van der Waals surface area contributed by atoms with Crippen LogP contribution in [-0.4, -0.2) is 28.8 Å². The van der Waals surface area contributed by atoms with Gasteiger partial charge in [-0.3, -0.25) is 9.59 Å². The molecule has 130 valence electrons. The molecular weight excluding hydrogens is 335 g/mol. The molecule has 0 aliphatic heterocycles. The lowest BCUT2D eigenvalue weighted by Crippen LogP contribution is -2.49. The number of Topliss-reactive ketones (excluding diaryl/α,β-unsaturated/α-hetero) is 2. The standard InChI is InChI=1S/C16H13F5O3/c17-15(18,16(19,20)21)14(24)12-3-1-2-10(13(12)23)8-9-4-6-11(22)7-5-9/h4-8,12,22H,1-3H2/b10-8+. The summed E-state index contributed by atoms with van der Waals surface area (Å²) in [5.74, 6) is -11.0. The second-order valence-electron chi connectivity index (χ2n) is 5.51. The van der Waals surface area contributed by atoms with Crippen LogP contribution in [0.5, 0.6) is 5.75 Å². The van der Waals surface area contributed by atoms with Gasteiger partial charge in [0.1, 0.15) is 5.75 Å². The molecule has 1 unspecified atom stereocenters. The Morgan fingerprint density at radius 2 is 1.71 bits per heavy atom. The molecule has 0 bridgehead atoms. The Hall–Kier alpha value is -2.25. The maximum absolute atomic E-state index is 13.2. The van der Waals surface area contributed by atoms with E-state index < -0.39 is 29.6 Å². The number of hydrogen-bond acceptors (Lipinski definition) is 3. The molecule has 1 aromatic rings. The van der Waals surface area contributed by atoms with Crippen molar-refractivity contribution >= 4 is 17.6 Å². The van der Waals surface area contributed by atoms with Crippen molar-refractivity contribution in [3.8, 4) is 5.75 Å². The molecule has 1 aromatic carbocycles. The number of halogens is 5. The summed E-state index contributed by atoms with van der Waals surface area (Å²) in [6.45, 7) is 0. The van der Waals surface area contributed by atoms with Crippen LogP contribution in [-0.2, 0) is 9.59 Å². The summed E-state index contributed by atoms with van der Waals surface area (Å²) in [5, 5.41) is 9.17. The third kappa shape index (κ3) is 3.47. The summed E-state index contributed by atoms with van der Waals surface area (Å²) in [4.78, 5) is 23.7. The first-order valence-corrected chi connectivity index (χ1v) is 7.06. The van der Waals surface area contributed by atoms with Crippen LogP contribution < -0.4 is 0 Å². The lowest BCUT2D eigenvalue weighted by molar-refractivity contribution is -0.270. The van der Waals surface area contributed by atoms with Gasteiger partial charge in [-0.2, -0.15) is 22.0 Å². The monoisotopic (exact) mass is 348 g/mol. The van der Waals surface area contributed by atoms with E-state index in [2.05, 4.69) is 0 Å². The van der Waals surface area contributed by atoms with E-state index in [1.54, 1.807) is 0 Å². The van der Waals surface area contributed by atoms with Crippen molar-refractivity contribution in [3.05, 3.63) is 35.4 Å². The fraction of sp³-hybridized carbons (Fsp3) is 0.375. The van der Waals surface area contributed by atoms with E-state index in [4.69, 9.17) is 0 Å². The largest absolute Gasteiger partial charge is 0.508 e. The summed E-state index contributed by atoms with van der Waals surface area (Å²) < 4.78 is 63.4. The average molecular weight is 348 g/mol. The van der Waals surface area contributed by atoms with Gasteiger partial charge in [0.25, 0.3) is 0 Å². The molecular formula is C16H13F5O3. The average Bonchev–Trinajstić information content (AvgIpc) is 2.49. The minimum absolute atomic E-state index is 0.0169. The maximum Gasteiger partial charge on any atom is 0.461 e. The number of carbonyl (C=O) groups excluding carboxylic acids is 2. The van der Waals surface area contributed by atoms with Gasteiger partial charge >= 0.3 is 12.1 Å². The molecule has 0 saturated heterocycles. The van der Waals surface area contributed by atoms with Crippen LogP contribution in [0.1, 0.15) is 24.8 Å². The first-order valence-electron chi connectivity index (χ1n) is 7.06. The van der Waals surface area contributed by atoms with E-state index in [0.29, 0.717) is 5.56 Å². The van der Waals surface area contributed by atoms with Crippen LogP contribution in [0, 0.1) is 5.92 Å². The van der Waals surface area contributed by atoms with Crippen molar-refractivity contribution in [2.45, 2.75) is 31.4 Å². The Morgan fingerprint density at radius 1 is 1.12 bits per heavy atom. The van der Waals surface area contributed by atoms with Gasteiger partial charge in [-0.25, -0.2) is 0 Å². The quantitative estimate of drug-likeness (QED) is 0.512. The topological polar surface area (TPSA) is 54.4 Å².